The Morgan fingerprint density at radius 2 is 2.08 bits per heavy atom. The molecule has 0 saturated heterocycles. The number of hydrogen-bond donors (Lipinski definition) is 1. The fourth-order valence-corrected chi connectivity index (χ4v) is 3.76. The molecule has 1 N–H and O–H groups in total. The van der Waals surface area contributed by atoms with Crippen LogP contribution < -0.4 is 5.32 Å². The molecular weight excluding hydrogens is 378 g/mol. The van der Waals surface area contributed by atoms with Crippen LogP contribution in [0.4, 0.5) is 5.69 Å². The van der Waals surface area contributed by atoms with Crippen LogP contribution in [0.3, 0.4) is 0 Å². The smallest absolute Gasteiger partial charge is 0.337 e. The Morgan fingerprint density at radius 1 is 1.28 bits per heavy atom. The summed E-state index contributed by atoms with van der Waals surface area (Å²) in [6, 6.07) is 11.3. The lowest BCUT2D eigenvalue weighted by Crippen LogP contribution is -2.01. The maximum Gasteiger partial charge on any atom is 0.337 e. The number of rotatable bonds is 6. The zero-order valence-electron chi connectivity index (χ0n) is 13.2. The third-order valence-electron chi connectivity index (χ3n) is 3.22. The molecule has 1 aromatic carbocycles. The van der Waals surface area contributed by atoms with Crippen LogP contribution in [0.1, 0.15) is 15.2 Å². The van der Waals surface area contributed by atoms with Crippen molar-refractivity contribution >= 4 is 46.4 Å². The monoisotopic (exact) mass is 391 g/mol. The number of benzene rings is 1. The third-order valence-corrected chi connectivity index (χ3v) is 5.28. The van der Waals surface area contributed by atoms with Crippen LogP contribution >= 0.6 is 34.7 Å². The molecule has 0 unspecified atom stereocenters. The fraction of sp³-hybridized carbons (Fsp3) is 0.118. The molecule has 0 aliphatic rings. The topological polar surface area (TPSA) is 64.1 Å². The minimum atomic E-state index is -0.369. The first-order valence-corrected chi connectivity index (χ1v) is 9.31. The minimum absolute atomic E-state index is 0.369. The summed E-state index contributed by atoms with van der Waals surface area (Å²) in [5.74, 6) is -0.369. The first kappa shape index (κ1) is 17.7. The average molecular weight is 392 g/mol. The number of methoxy groups -OCH3 is 1. The molecule has 0 fully saturated rings. The van der Waals surface area contributed by atoms with Crippen LogP contribution in [0.25, 0.3) is 0 Å². The second-order valence-corrected chi connectivity index (χ2v) is 7.72. The lowest BCUT2D eigenvalue weighted by molar-refractivity contribution is 0.0600. The molecule has 3 aromatic rings. The summed E-state index contributed by atoms with van der Waals surface area (Å²) in [7, 11) is 1.36. The zero-order chi connectivity index (χ0) is 17.6. The summed E-state index contributed by atoms with van der Waals surface area (Å²) in [6.45, 7) is 0.680. The maximum atomic E-state index is 11.6. The Balaban J connectivity index is 1.61. The number of aromatic nitrogens is 2. The molecule has 0 amide bonds. The summed E-state index contributed by atoms with van der Waals surface area (Å²) in [5, 5.41) is 4.06. The number of thiazole rings is 1. The van der Waals surface area contributed by atoms with E-state index in [0.29, 0.717) is 16.6 Å². The van der Waals surface area contributed by atoms with Gasteiger partial charge in [0.05, 0.1) is 19.2 Å². The SMILES string of the molecule is COC(=O)c1ccnc(Sc2ccc(NCc3cnc(Cl)s3)cc2)c1. The van der Waals surface area contributed by atoms with Gasteiger partial charge in [-0.3, -0.25) is 0 Å². The molecule has 0 atom stereocenters. The largest absolute Gasteiger partial charge is 0.465 e. The number of ether oxygens (including phenoxy) is 1. The van der Waals surface area contributed by atoms with Crippen molar-refractivity contribution in [3.63, 3.8) is 0 Å². The zero-order valence-corrected chi connectivity index (χ0v) is 15.6. The van der Waals surface area contributed by atoms with Gasteiger partial charge in [0.1, 0.15) is 5.03 Å². The van der Waals surface area contributed by atoms with E-state index < -0.39 is 0 Å². The van der Waals surface area contributed by atoms with Gasteiger partial charge in [-0.05, 0) is 36.4 Å². The van der Waals surface area contributed by atoms with Gasteiger partial charge in [0.15, 0.2) is 4.47 Å². The normalized spacial score (nSPS) is 10.5. The third kappa shape index (κ3) is 4.94. The lowest BCUT2D eigenvalue weighted by atomic mass is 10.3. The van der Waals surface area contributed by atoms with Crippen LogP contribution in [0.2, 0.25) is 4.47 Å². The quantitative estimate of drug-likeness (QED) is 0.612. The Kier molecular flexibility index (Phi) is 5.91. The molecule has 0 aliphatic carbocycles. The van der Waals surface area contributed by atoms with Crippen molar-refractivity contribution in [1.82, 2.24) is 9.97 Å². The van der Waals surface area contributed by atoms with Crippen molar-refractivity contribution in [1.29, 1.82) is 0 Å². The number of halogens is 1. The molecule has 128 valence electrons. The summed E-state index contributed by atoms with van der Waals surface area (Å²) in [5.41, 5.74) is 1.49. The molecule has 0 saturated carbocycles. The van der Waals surface area contributed by atoms with Crippen LogP contribution in [-0.4, -0.2) is 23.0 Å². The maximum absolute atomic E-state index is 11.6. The number of hydrogen-bond acceptors (Lipinski definition) is 7. The molecule has 3 rings (SSSR count). The number of carbonyl (C=O) groups is 1. The number of nitrogens with one attached hydrogen (secondary N) is 1. The van der Waals surface area contributed by atoms with Gasteiger partial charge < -0.3 is 10.1 Å². The first-order chi connectivity index (χ1) is 12.1. The van der Waals surface area contributed by atoms with Crippen molar-refractivity contribution < 1.29 is 9.53 Å². The highest BCUT2D eigenvalue weighted by atomic mass is 35.5. The second kappa shape index (κ2) is 8.33. The van der Waals surface area contributed by atoms with E-state index in [2.05, 4.69) is 15.3 Å². The Labute approximate surface area is 158 Å². The molecule has 0 bridgehead atoms. The van der Waals surface area contributed by atoms with E-state index in [4.69, 9.17) is 16.3 Å². The number of pyridine rings is 1. The molecule has 2 aromatic heterocycles. The van der Waals surface area contributed by atoms with Gasteiger partial charge in [-0.1, -0.05) is 23.4 Å². The van der Waals surface area contributed by atoms with Crippen molar-refractivity contribution in [2.24, 2.45) is 0 Å². The predicted molar refractivity (Wildman–Crippen MR) is 101 cm³/mol. The van der Waals surface area contributed by atoms with E-state index >= 15 is 0 Å². The van der Waals surface area contributed by atoms with Gasteiger partial charge in [0.2, 0.25) is 0 Å². The van der Waals surface area contributed by atoms with Crippen molar-refractivity contribution in [2.75, 3.05) is 12.4 Å². The first-order valence-electron chi connectivity index (χ1n) is 7.30. The highest BCUT2D eigenvalue weighted by molar-refractivity contribution is 7.99. The highest BCUT2D eigenvalue weighted by Gasteiger charge is 2.07. The van der Waals surface area contributed by atoms with Crippen molar-refractivity contribution in [3.05, 3.63) is 63.7 Å². The second-order valence-electron chi connectivity index (χ2n) is 4.93. The lowest BCUT2D eigenvalue weighted by Gasteiger charge is -2.06. The Hall–Kier alpha value is -2.09. The Bertz CT molecular complexity index is 868. The fourth-order valence-electron chi connectivity index (χ4n) is 2.03. The molecule has 5 nitrogen and oxygen atoms in total. The van der Waals surface area contributed by atoms with Gasteiger partial charge in [-0.2, -0.15) is 0 Å². The van der Waals surface area contributed by atoms with Gasteiger partial charge in [0, 0.05) is 27.9 Å². The number of nitrogens with zero attached hydrogens (tertiary/aromatic N) is 2. The van der Waals surface area contributed by atoms with E-state index in [1.165, 1.54) is 30.2 Å². The highest BCUT2D eigenvalue weighted by Crippen LogP contribution is 2.28. The van der Waals surface area contributed by atoms with Crippen LogP contribution in [0.5, 0.6) is 0 Å². The van der Waals surface area contributed by atoms with Crippen molar-refractivity contribution in [2.45, 2.75) is 16.5 Å². The summed E-state index contributed by atoms with van der Waals surface area (Å²) >= 11 is 8.77. The standard InChI is InChI=1S/C17H14ClN3O2S2/c1-23-16(22)11-6-7-19-15(8-11)24-13-4-2-12(3-5-13)20-9-14-10-21-17(18)25-14/h2-8,10,20H,9H2,1H3. The van der Waals surface area contributed by atoms with Crippen LogP contribution in [0.15, 0.2) is 58.7 Å². The molecule has 2 heterocycles. The van der Waals surface area contributed by atoms with E-state index in [1.807, 2.05) is 24.3 Å². The van der Waals surface area contributed by atoms with E-state index in [-0.39, 0.29) is 5.97 Å². The minimum Gasteiger partial charge on any atom is -0.465 e. The summed E-state index contributed by atoms with van der Waals surface area (Å²) in [6.07, 6.45) is 3.37. The van der Waals surface area contributed by atoms with Gasteiger partial charge in [-0.15, -0.1) is 11.3 Å². The van der Waals surface area contributed by atoms with Crippen molar-refractivity contribution in [3.8, 4) is 0 Å². The summed E-state index contributed by atoms with van der Waals surface area (Å²) in [4.78, 5) is 22.0. The number of carbonyl (C=O) groups excluding carboxylic acids is 1. The van der Waals surface area contributed by atoms with Crippen LogP contribution in [0, 0.1) is 0 Å². The van der Waals surface area contributed by atoms with E-state index in [9.17, 15) is 4.79 Å². The van der Waals surface area contributed by atoms with Gasteiger partial charge >= 0.3 is 5.97 Å². The molecule has 0 spiro atoms. The molecule has 8 heteroatoms. The Morgan fingerprint density at radius 3 is 2.76 bits per heavy atom. The number of anilines is 1. The van der Waals surface area contributed by atoms with E-state index in [1.54, 1.807) is 24.5 Å². The summed E-state index contributed by atoms with van der Waals surface area (Å²) < 4.78 is 5.27. The molecule has 25 heavy (non-hydrogen) atoms. The van der Waals surface area contributed by atoms with Gasteiger partial charge in [0.25, 0.3) is 0 Å². The predicted octanol–water partition coefficient (Wildman–Crippen LogP) is 4.74. The average Bonchev–Trinajstić information content (AvgIpc) is 3.06. The van der Waals surface area contributed by atoms with E-state index in [0.717, 1.165) is 20.5 Å². The molecular formula is C17H14ClN3O2S2. The van der Waals surface area contributed by atoms with Gasteiger partial charge in [-0.25, -0.2) is 14.8 Å². The molecule has 0 aliphatic heterocycles. The van der Waals surface area contributed by atoms with Crippen LogP contribution in [-0.2, 0) is 11.3 Å². The number of esters is 1. The molecule has 0 radical (unpaired) electrons.